The molecule has 0 aromatic carbocycles. The van der Waals surface area contributed by atoms with E-state index in [0.29, 0.717) is 6.54 Å². The molecule has 0 unspecified atom stereocenters. The number of rotatable bonds is 2. The molecule has 0 aromatic rings. The van der Waals surface area contributed by atoms with Crippen molar-refractivity contribution in [3.05, 3.63) is 0 Å². The van der Waals surface area contributed by atoms with E-state index in [0.717, 1.165) is 0 Å². The molecule has 4 heteroatoms. The molecule has 0 heterocycles. The lowest BCUT2D eigenvalue weighted by atomic mass is 9.98. The van der Waals surface area contributed by atoms with Gasteiger partial charge in [-0.15, -0.1) is 0 Å². The average Bonchev–Trinajstić information content (AvgIpc) is 1.57. The summed E-state index contributed by atoms with van der Waals surface area (Å²) in [7, 11) is -3.01. The predicted octanol–water partition coefficient (Wildman–Crippen LogP) is 0.828. The van der Waals surface area contributed by atoms with Crippen LogP contribution in [0.5, 0.6) is 0 Å². The van der Waals surface area contributed by atoms with Crippen molar-refractivity contribution in [1.82, 2.24) is 4.72 Å². The highest BCUT2D eigenvalue weighted by atomic mass is 32.2. The van der Waals surface area contributed by atoms with E-state index in [2.05, 4.69) is 4.72 Å². The minimum atomic E-state index is -3.01. The van der Waals surface area contributed by atoms with Crippen molar-refractivity contribution >= 4 is 10.0 Å². The Labute approximate surface area is 64.4 Å². The monoisotopic (exact) mass is 167 g/mol. The molecule has 10 heavy (non-hydrogen) atoms. The maximum Gasteiger partial charge on any atom is 0.208 e. The van der Waals surface area contributed by atoms with Crippen molar-refractivity contribution in [3.63, 3.8) is 0 Å². The lowest BCUT2D eigenvalue weighted by molar-refractivity contribution is 0.408. The van der Waals surface area contributed by atoms with Crippen LogP contribution in [0.15, 0.2) is 0 Å². The zero-order valence-electron chi connectivity index (χ0n) is 6.93. The SMILES string of the molecule is CC(C)(C)CNS(C)(=O)=O.[HH]. The van der Waals surface area contributed by atoms with Gasteiger partial charge in [-0.1, -0.05) is 20.8 Å². The summed E-state index contributed by atoms with van der Waals surface area (Å²) < 4.78 is 23.6. The molecule has 0 saturated heterocycles. The topological polar surface area (TPSA) is 46.2 Å². The normalized spacial score (nSPS) is 13.6. The van der Waals surface area contributed by atoms with Gasteiger partial charge >= 0.3 is 0 Å². The van der Waals surface area contributed by atoms with Crippen molar-refractivity contribution in [1.29, 1.82) is 0 Å². The molecule has 0 radical (unpaired) electrons. The summed E-state index contributed by atoms with van der Waals surface area (Å²) in [6, 6.07) is 0. The van der Waals surface area contributed by atoms with Crippen molar-refractivity contribution in [2.75, 3.05) is 12.8 Å². The van der Waals surface area contributed by atoms with E-state index < -0.39 is 10.0 Å². The van der Waals surface area contributed by atoms with Gasteiger partial charge < -0.3 is 0 Å². The molecule has 0 spiro atoms. The van der Waals surface area contributed by atoms with Crippen molar-refractivity contribution in [2.45, 2.75) is 20.8 Å². The first-order valence-electron chi connectivity index (χ1n) is 3.15. The average molecular weight is 167 g/mol. The van der Waals surface area contributed by atoms with Crippen LogP contribution in [0.2, 0.25) is 0 Å². The highest BCUT2D eigenvalue weighted by Crippen LogP contribution is 2.10. The minimum absolute atomic E-state index is 0. The van der Waals surface area contributed by atoms with E-state index in [1.54, 1.807) is 0 Å². The standard InChI is InChI=1S/C6H15NO2S.H2/c1-6(2,3)5-7-10(4,8)9;/h7H,5H2,1-4H3;1H. The van der Waals surface area contributed by atoms with Gasteiger partial charge in [-0.3, -0.25) is 0 Å². The van der Waals surface area contributed by atoms with Gasteiger partial charge in [0.15, 0.2) is 0 Å². The Kier molecular flexibility index (Phi) is 2.86. The van der Waals surface area contributed by atoms with Crippen molar-refractivity contribution in [2.24, 2.45) is 5.41 Å². The van der Waals surface area contributed by atoms with E-state index in [1.807, 2.05) is 20.8 Å². The van der Waals surface area contributed by atoms with Crippen LogP contribution in [0.1, 0.15) is 22.2 Å². The van der Waals surface area contributed by atoms with Crippen LogP contribution in [0.3, 0.4) is 0 Å². The molecule has 64 valence electrons. The molecule has 0 aliphatic rings. The maximum absolute atomic E-state index is 10.6. The molecule has 3 nitrogen and oxygen atoms in total. The van der Waals surface area contributed by atoms with Crippen LogP contribution in [0.4, 0.5) is 0 Å². The second kappa shape index (κ2) is 2.88. The third-order valence-corrected chi connectivity index (χ3v) is 1.53. The number of hydrogen-bond acceptors (Lipinski definition) is 2. The first-order chi connectivity index (χ1) is 4.21. The van der Waals surface area contributed by atoms with Crippen LogP contribution in [0.25, 0.3) is 0 Å². The lowest BCUT2D eigenvalue weighted by Crippen LogP contribution is -2.31. The van der Waals surface area contributed by atoms with E-state index in [4.69, 9.17) is 0 Å². The molecule has 0 fully saturated rings. The van der Waals surface area contributed by atoms with Crippen LogP contribution in [-0.2, 0) is 10.0 Å². The molecular weight excluding hydrogens is 150 g/mol. The number of hydrogen-bond donors (Lipinski definition) is 1. The molecule has 0 saturated carbocycles. The Hall–Kier alpha value is -0.0900. The summed E-state index contributed by atoms with van der Waals surface area (Å²) in [5.41, 5.74) is 0.0169. The molecule has 0 aliphatic heterocycles. The van der Waals surface area contributed by atoms with Gasteiger partial charge in [0.1, 0.15) is 0 Å². The summed E-state index contributed by atoms with van der Waals surface area (Å²) in [5, 5.41) is 0. The van der Waals surface area contributed by atoms with Gasteiger partial charge in [0.05, 0.1) is 6.26 Å². The summed E-state index contributed by atoms with van der Waals surface area (Å²) in [4.78, 5) is 0. The molecule has 0 rings (SSSR count). The van der Waals surface area contributed by atoms with Gasteiger partial charge in [-0.05, 0) is 5.41 Å². The van der Waals surface area contributed by atoms with Gasteiger partial charge in [-0.25, -0.2) is 13.1 Å². The first kappa shape index (κ1) is 9.91. The molecule has 0 amide bonds. The molecule has 0 atom stereocenters. The zero-order valence-corrected chi connectivity index (χ0v) is 7.75. The van der Waals surface area contributed by atoms with Gasteiger partial charge in [-0.2, -0.15) is 0 Å². The Balaban J connectivity index is 0. The summed E-state index contributed by atoms with van der Waals surface area (Å²) >= 11 is 0. The predicted molar refractivity (Wildman–Crippen MR) is 44.4 cm³/mol. The Bertz CT molecular complexity index is 193. The summed E-state index contributed by atoms with van der Waals surface area (Å²) in [6.45, 7) is 6.42. The summed E-state index contributed by atoms with van der Waals surface area (Å²) in [6.07, 6.45) is 1.17. The van der Waals surface area contributed by atoms with Gasteiger partial charge in [0.2, 0.25) is 10.0 Å². The van der Waals surface area contributed by atoms with E-state index >= 15 is 0 Å². The van der Waals surface area contributed by atoms with Gasteiger partial charge in [0, 0.05) is 7.97 Å². The second-order valence-corrected chi connectivity index (χ2v) is 5.49. The minimum Gasteiger partial charge on any atom is -0.215 e. The third kappa shape index (κ3) is 7.91. The van der Waals surface area contributed by atoms with Crippen molar-refractivity contribution in [3.8, 4) is 0 Å². The zero-order chi connectivity index (χ0) is 8.41. The first-order valence-corrected chi connectivity index (χ1v) is 5.04. The Morgan fingerprint density at radius 3 is 1.90 bits per heavy atom. The maximum atomic E-state index is 10.6. The molecule has 0 aromatic heterocycles. The fraction of sp³-hybridized carbons (Fsp3) is 1.00. The highest BCUT2D eigenvalue weighted by Gasteiger charge is 2.11. The largest absolute Gasteiger partial charge is 0.215 e. The third-order valence-electron chi connectivity index (χ3n) is 0.865. The number of sulfonamides is 1. The smallest absolute Gasteiger partial charge is 0.208 e. The van der Waals surface area contributed by atoms with E-state index in [9.17, 15) is 8.42 Å². The van der Waals surface area contributed by atoms with Crippen LogP contribution in [0, 0.1) is 5.41 Å². The van der Waals surface area contributed by atoms with E-state index in [1.165, 1.54) is 6.26 Å². The van der Waals surface area contributed by atoms with E-state index in [-0.39, 0.29) is 6.84 Å². The molecule has 1 N–H and O–H groups in total. The Morgan fingerprint density at radius 1 is 1.40 bits per heavy atom. The van der Waals surface area contributed by atoms with Crippen LogP contribution in [-0.4, -0.2) is 21.2 Å². The van der Waals surface area contributed by atoms with Crippen molar-refractivity contribution < 1.29 is 9.84 Å². The van der Waals surface area contributed by atoms with Crippen LogP contribution >= 0.6 is 0 Å². The lowest BCUT2D eigenvalue weighted by Gasteiger charge is -2.17. The Morgan fingerprint density at radius 2 is 1.80 bits per heavy atom. The highest BCUT2D eigenvalue weighted by molar-refractivity contribution is 7.88. The molecule has 0 aliphatic carbocycles. The number of nitrogens with one attached hydrogen (secondary N) is 1. The quantitative estimate of drug-likeness (QED) is 0.662. The molecular formula is C6H17NO2S. The fourth-order valence-corrected chi connectivity index (χ4v) is 1.04. The van der Waals surface area contributed by atoms with Gasteiger partial charge in [0.25, 0.3) is 0 Å². The summed E-state index contributed by atoms with van der Waals surface area (Å²) in [5.74, 6) is 0. The second-order valence-electron chi connectivity index (χ2n) is 3.65. The fourth-order valence-electron chi connectivity index (χ4n) is 0.348. The molecule has 0 bridgehead atoms. The van der Waals surface area contributed by atoms with Crippen LogP contribution < -0.4 is 4.72 Å².